The largest absolute Gasteiger partial charge is 0.392 e. The number of ketones is 1. The van der Waals surface area contributed by atoms with Crippen LogP contribution < -0.4 is 0 Å². The van der Waals surface area contributed by atoms with Gasteiger partial charge in [0, 0.05) is 13.0 Å². The molecule has 3 heteroatoms. The summed E-state index contributed by atoms with van der Waals surface area (Å²) in [4.78, 5) is 14.1. The van der Waals surface area contributed by atoms with Gasteiger partial charge < -0.3 is 5.11 Å². The van der Waals surface area contributed by atoms with Gasteiger partial charge in [-0.3, -0.25) is 9.69 Å². The summed E-state index contributed by atoms with van der Waals surface area (Å²) in [6.45, 7) is 1.70. The molecule has 3 nitrogen and oxygen atoms in total. The predicted octanol–water partition coefficient (Wildman–Crippen LogP) is 1.34. The Morgan fingerprint density at radius 2 is 2.00 bits per heavy atom. The van der Waals surface area contributed by atoms with E-state index in [2.05, 4.69) is 4.90 Å². The van der Waals surface area contributed by atoms with E-state index >= 15 is 0 Å². The van der Waals surface area contributed by atoms with Crippen LogP contribution in [0.5, 0.6) is 0 Å². The molecule has 86 valence electrons. The van der Waals surface area contributed by atoms with Gasteiger partial charge in [-0.2, -0.15) is 0 Å². The number of hydrogen-bond acceptors (Lipinski definition) is 3. The van der Waals surface area contributed by atoms with E-state index in [-0.39, 0.29) is 12.1 Å². The third-order valence-corrected chi connectivity index (χ3v) is 3.64. The fourth-order valence-corrected chi connectivity index (χ4v) is 2.79. The highest BCUT2D eigenvalue weighted by Gasteiger charge is 2.30. The van der Waals surface area contributed by atoms with Crippen molar-refractivity contribution in [3.05, 3.63) is 0 Å². The smallest absolute Gasteiger partial charge is 0.149 e. The molecule has 0 aromatic rings. The van der Waals surface area contributed by atoms with E-state index in [1.165, 1.54) is 12.8 Å². The maximum Gasteiger partial charge on any atom is 0.149 e. The van der Waals surface area contributed by atoms with Crippen LogP contribution >= 0.6 is 0 Å². The van der Waals surface area contributed by atoms with Crippen molar-refractivity contribution < 1.29 is 9.90 Å². The van der Waals surface area contributed by atoms with Crippen molar-refractivity contribution in [1.82, 2.24) is 4.90 Å². The lowest BCUT2D eigenvalue weighted by Crippen LogP contribution is -2.47. The lowest BCUT2D eigenvalue weighted by atomic mass is 10.0. The average Bonchev–Trinajstić information content (AvgIpc) is 2.43. The molecule has 2 atom stereocenters. The van der Waals surface area contributed by atoms with E-state index in [4.69, 9.17) is 0 Å². The molecule has 15 heavy (non-hydrogen) atoms. The van der Waals surface area contributed by atoms with Crippen LogP contribution in [0.25, 0.3) is 0 Å². The second-order valence-corrected chi connectivity index (χ2v) is 4.87. The highest BCUT2D eigenvalue weighted by Crippen LogP contribution is 2.22. The van der Waals surface area contributed by atoms with Crippen molar-refractivity contribution in [3.63, 3.8) is 0 Å². The molecule has 2 aliphatic rings. The molecule has 2 unspecified atom stereocenters. The molecule has 0 aromatic heterocycles. The third kappa shape index (κ3) is 2.79. The quantitative estimate of drug-likeness (QED) is 0.665. The summed E-state index contributed by atoms with van der Waals surface area (Å²) in [6.07, 6.45) is 6.90. The Hall–Kier alpha value is -0.410. The molecular formula is C12H21NO2. The lowest BCUT2D eigenvalue weighted by Gasteiger charge is -2.35. The number of aliphatic hydroxyl groups excluding tert-OH is 1. The molecule has 1 saturated carbocycles. The molecule has 1 aliphatic carbocycles. The number of carbonyl (C=O) groups is 1. The van der Waals surface area contributed by atoms with Gasteiger partial charge in [-0.05, 0) is 32.2 Å². The molecule has 0 spiro atoms. The molecule has 1 aliphatic heterocycles. The summed E-state index contributed by atoms with van der Waals surface area (Å²) >= 11 is 0. The summed E-state index contributed by atoms with van der Waals surface area (Å²) in [5.41, 5.74) is 0. The van der Waals surface area contributed by atoms with Crippen molar-refractivity contribution in [2.45, 2.75) is 57.1 Å². The van der Waals surface area contributed by atoms with E-state index < -0.39 is 0 Å². The molecular weight excluding hydrogens is 190 g/mol. The third-order valence-electron chi connectivity index (χ3n) is 3.64. The van der Waals surface area contributed by atoms with E-state index in [1.807, 2.05) is 0 Å². The van der Waals surface area contributed by atoms with E-state index in [0.717, 1.165) is 38.6 Å². The Kier molecular flexibility index (Phi) is 3.76. The molecule has 0 bridgehead atoms. The van der Waals surface area contributed by atoms with Gasteiger partial charge in [-0.1, -0.05) is 12.8 Å². The van der Waals surface area contributed by atoms with Gasteiger partial charge in [0.1, 0.15) is 5.78 Å². The predicted molar refractivity (Wildman–Crippen MR) is 58.7 cm³/mol. The number of aliphatic hydroxyl groups is 1. The van der Waals surface area contributed by atoms with Crippen LogP contribution in [0.15, 0.2) is 0 Å². The first-order valence-corrected chi connectivity index (χ1v) is 6.22. The number of Topliss-reactive ketones (excluding diaryl/α,β-unsaturated/α-hetero) is 1. The van der Waals surface area contributed by atoms with Gasteiger partial charge >= 0.3 is 0 Å². The number of carbonyl (C=O) groups excluding carboxylic acids is 1. The minimum Gasteiger partial charge on any atom is -0.392 e. The maximum atomic E-state index is 11.9. The van der Waals surface area contributed by atoms with Crippen LogP contribution in [0.2, 0.25) is 0 Å². The topological polar surface area (TPSA) is 40.5 Å². The number of likely N-dealkylation sites (tertiary alicyclic amines) is 1. The zero-order valence-corrected chi connectivity index (χ0v) is 9.32. The van der Waals surface area contributed by atoms with Crippen LogP contribution in [0, 0.1) is 0 Å². The molecule has 2 fully saturated rings. The zero-order valence-electron chi connectivity index (χ0n) is 9.32. The minimum absolute atomic E-state index is 0.113. The van der Waals surface area contributed by atoms with Crippen LogP contribution in [-0.2, 0) is 4.79 Å². The number of hydrogen-bond donors (Lipinski definition) is 1. The first-order valence-electron chi connectivity index (χ1n) is 6.22. The van der Waals surface area contributed by atoms with Gasteiger partial charge in [-0.25, -0.2) is 0 Å². The van der Waals surface area contributed by atoms with Gasteiger partial charge in [0.05, 0.1) is 12.1 Å². The van der Waals surface area contributed by atoms with E-state index in [9.17, 15) is 9.90 Å². The summed E-state index contributed by atoms with van der Waals surface area (Å²) < 4.78 is 0. The molecule has 1 N–H and O–H groups in total. The number of rotatable bonds is 1. The number of β-amino-alcohol motifs (C(OH)–C–C–N with tert-alkyl or cyclic N) is 1. The van der Waals surface area contributed by atoms with Crippen molar-refractivity contribution >= 4 is 5.78 Å². The number of piperidine rings is 1. The van der Waals surface area contributed by atoms with Crippen LogP contribution in [-0.4, -0.2) is 41.0 Å². The van der Waals surface area contributed by atoms with Gasteiger partial charge in [0.15, 0.2) is 0 Å². The van der Waals surface area contributed by atoms with Crippen LogP contribution in [0.4, 0.5) is 0 Å². The zero-order chi connectivity index (χ0) is 10.7. The fraction of sp³-hybridized carbons (Fsp3) is 0.917. The van der Waals surface area contributed by atoms with Gasteiger partial charge in [0.2, 0.25) is 0 Å². The molecule has 0 radical (unpaired) electrons. The molecule has 2 rings (SSSR count). The standard InChI is InChI=1S/C12H21NO2/c14-10-5-4-8-13(9-10)11-6-2-1-3-7-12(11)15/h10-11,14H,1-9H2. The highest BCUT2D eigenvalue weighted by atomic mass is 16.3. The van der Waals surface area contributed by atoms with Crippen LogP contribution in [0.3, 0.4) is 0 Å². The molecule has 1 saturated heterocycles. The van der Waals surface area contributed by atoms with E-state index in [1.54, 1.807) is 0 Å². The minimum atomic E-state index is -0.213. The summed E-state index contributed by atoms with van der Waals surface area (Å²) in [5.74, 6) is 0.404. The first-order chi connectivity index (χ1) is 7.27. The number of nitrogens with zero attached hydrogens (tertiary/aromatic N) is 1. The van der Waals surface area contributed by atoms with Crippen molar-refractivity contribution in [3.8, 4) is 0 Å². The van der Waals surface area contributed by atoms with Crippen LogP contribution in [0.1, 0.15) is 44.9 Å². The molecule has 0 amide bonds. The van der Waals surface area contributed by atoms with Gasteiger partial charge in [-0.15, -0.1) is 0 Å². The van der Waals surface area contributed by atoms with Crippen molar-refractivity contribution in [2.75, 3.05) is 13.1 Å². The maximum absolute atomic E-state index is 11.9. The first kappa shape index (κ1) is 11.1. The fourth-order valence-electron chi connectivity index (χ4n) is 2.79. The summed E-state index contributed by atoms with van der Waals surface area (Å²) in [6, 6.07) is 0.113. The van der Waals surface area contributed by atoms with E-state index in [0.29, 0.717) is 12.3 Å². The second kappa shape index (κ2) is 5.08. The SMILES string of the molecule is O=C1CCCCCC1N1CCCC(O)C1. The Morgan fingerprint density at radius 3 is 2.80 bits per heavy atom. The van der Waals surface area contributed by atoms with Crippen molar-refractivity contribution in [2.24, 2.45) is 0 Å². The lowest BCUT2D eigenvalue weighted by molar-refractivity contribution is -0.125. The van der Waals surface area contributed by atoms with Gasteiger partial charge in [0.25, 0.3) is 0 Å². The Balaban J connectivity index is 1.97. The Bertz CT molecular complexity index is 230. The highest BCUT2D eigenvalue weighted by molar-refractivity contribution is 5.84. The Labute approximate surface area is 91.5 Å². The average molecular weight is 211 g/mol. The molecule has 0 aromatic carbocycles. The normalized spacial score (nSPS) is 35.1. The van der Waals surface area contributed by atoms with Crippen molar-refractivity contribution in [1.29, 1.82) is 0 Å². The second-order valence-electron chi connectivity index (χ2n) is 4.87. The summed E-state index contributed by atoms with van der Waals surface area (Å²) in [7, 11) is 0. The Morgan fingerprint density at radius 1 is 1.13 bits per heavy atom. The monoisotopic (exact) mass is 211 g/mol. The molecule has 1 heterocycles. The summed E-state index contributed by atoms with van der Waals surface area (Å²) in [5, 5.41) is 9.61.